The Bertz CT molecular complexity index is 1880. The average Bonchev–Trinajstić information content (AvgIpc) is 3.53. The van der Waals surface area contributed by atoms with Gasteiger partial charge in [-0.3, -0.25) is 9.36 Å². The lowest BCUT2D eigenvalue weighted by molar-refractivity contribution is 0.0602. The van der Waals surface area contributed by atoms with Gasteiger partial charge in [-0.1, -0.05) is 24.3 Å². The van der Waals surface area contributed by atoms with Gasteiger partial charge in [0.2, 0.25) is 0 Å². The van der Waals surface area contributed by atoms with Crippen LogP contribution in [0.4, 0.5) is 10.1 Å². The molecule has 2 aliphatic rings. The van der Waals surface area contributed by atoms with Gasteiger partial charge in [0.15, 0.2) is 11.5 Å². The third-order valence-corrected chi connectivity index (χ3v) is 8.02. The summed E-state index contributed by atoms with van der Waals surface area (Å²) in [5, 5.41) is 1.78. The highest BCUT2D eigenvalue weighted by molar-refractivity contribution is 6.06. The minimum Gasteiger partial charge on any atom is -0.486 e. The molecule has 5 aromatic rings. The summed E-state index contributed by atoms with van der Waals surface area (Å²) in [6.07, 6.45) is 1.71. The minimum absolute atomic E-state index is 0.196. The van der Waals surface area contributed by atoms with Crippen LogP contribution in [0, 0.1) is 5.82 Å². The lowest BCUT2D eigenvalue weighted by Gasteiger charge is -2.36. The third-order valence-electron chi connectivity index (χ3n) is 8.02. The van der Waals surface area contributed by atoms with Gasteiger partial charge >= 0.3 is 5.97 Å². The molecular formula is C34H29FN4O5. The van der Waals surface area contributed by atoms with Crippen LogP contribution in [0.5, 0.6) is 11.5 Å². The average molecular weight is 593 g/mol. The van der Waals surface area contributed by atoms with Gasteiger partial charge < -0.3 is 24.0 Å². The van der Waals surface area contributed by atoms with Crippen LogP contribution in [0.3, 0.4) is 0 Å². The molecule has 1 amide bonds. The Kier molecular flexibility index (Phi) is 7.09. The molecular weight excluding hydrogens is 563 g/mol. The summed E-state index contributed by atoms with van der Waals surface area (Å²) in [5.74, 6) is 0.837. The van der Waals surface area contributed by atoms with Crippen molar-refractivity contribution in [3.8, 4) is 28.6 Å². The molecule has 9 nitrogen and oxygen atoms in total. The van der Waals surface area contributed by atoms with Crippen molar-refractivity contribution < 1.29 is 28.2 Å². The normalized spacial score (nSPS) is 14.5. The van der Waals surface area contributed by atoms with E-state index in [9.17, 15) is 14.0 Å². The molecule has 7 rings (SSSR count). The van der Waals surface area contributed by atoms with Gasteiger partial charge in [0.25, 0.3) is 5.91 Å². The molecule has 0 saturated carbocycles. The molecule has 0 N–H and O–H groups in total. The Hall–Kier alpha value is -5.38. The largest absolute Gasteiger partial charge is 0.486 e. The standard InChI is InChI=1S/C34H29FN4O5/c1-42-34(41)28-19-26(18-23-4-2-3-5-27(23)28)37-12-14-38(15-13-37)33(40)29-21-39(32(36-29)22-6-8-24(35)9-7-22)25-10-11-30-31(20-25)44-17-16-43-30/h2-11,18-21H,12-17H2,1H3. The highest BCUT2D eigenvalue weighted by Crippen LogP contribution is 2.34. The third kappa shape index (κ3) is 5.08. The molecule has 222 valence electrons. The summed E-state index contributed by atoms with van der Waals surface area (Å²) in [4.78, 5) is 35.0. The fourth-order valence-corrected chi connectivity index (χ4v) is 5.75. The molecule has 44 heavy (non-hydrogen) atoms. The van der Waals surface area contributed by atoms with E-state index < -0.39 is 0 Å². The van der Waals surface area contributed by atoms with Crippen LogP contribution in [0.25, 0.3) is 27.8 Å². The smallest absolute Gasteiger partial charge is 0.338 e. The number of rotatable bonds is 5. The molecule has 0 unspecified atom stereocenters. The lowest BCUT2D eigenvalue weighted by Crippen LogP contribution is -2.49. The van der Waals surface area contributed by atoms with E-state index >= 15 is 0 Å². The molecule has 2 aliphatic heterocycles. The SMILES string of the molecule is COC(=O)c1cc(N2CCN(C(=O)c3cn(-c4ccc5c(c4)OCCO5)c(-c4ccc(F)cc4)n3)CC2)cc2ccccc12. The van der Waals surface area contributed by atoms with E-state index in [0.29, 0.717) is 67.8 Å². The zero-order valence-electron chi connectivity index (χ0n) is 24.0. The first-order valence-corrected chi connectivity index (χ1v) is 14.4. The fraction of sp³-hybridized carbons (Fsp3) is 0.206. The van der Waals surface area contributed by atoms with Crippen molar-refractivity contribution >= 4 is 28.3 Å². The van der Waals surface area contributed by atoms with Crippen LogP contribution >= 0.6 is 0 Å². The number of hydrogen-bond donors (Lipinski definition) is 0. The zero-order chi connectivity index (χ0) is 30.2. The summed E-state index contributed by atoms with van der Waals surface area (Å²) in [5.41, 5.74) is 3.10. The highest BCUT2D eigenvalue weighted by atomic mass is 19.1. The first kappa shape index (κ1) is 27.5. The Labute approximate surface area is 253 Å². The number of ether oxygens (including phenoxy) is 3. The molecule has 0 radical (unpaired) electrons. The van der Waals surface area contributed by atoms with Gasteiger partial charge in [-0.15, -0.1) is 0 Å². The van der Waals surface area contributed by atoms with Crippen molar-refractivity contribution in [3.63, 3.8) is 0 Å². The summed E-state index contributed by atoms with van der Waals surface area (Å²) in [7, 11) is 1.38. The van der Waals surface area contributed by atoms with Gasteiger partial charge in [0, 0.05) is 49.7 Å². The first-order chi connectivity index (χ1) is 21.5. The van der Waals surface area contributed by atoms with E-state index in [0.717, 1.165) is 22.1 Å². The first-order valence-electron chi connectivity index (χ1n) is 14.4. The monoisotopic (exact) mass is 592 g/mol. The molecule has 3 heterocycles. The topological polar surface area (TPSA) is 86.1 Å². The number of amides is 1. The van der Waals surface area contributed by atoms with Gasteiger partial charge in [-0.2, -0.15) is 0 Å². The van der Waals surface area contributed by atoms with Gasteiger partial charge in [-0.25, -0.2) is 14.2 Å². The maximum Gasteiger partial charge on any atom is 0.338 e. The Balaban J connectivity index is 1.15. The predicted molar refractivity (Wildman–Crippen MR) is 163 cm³/mol. The highest BCUT2D eigenvalue weighted by Gasteiger charge is 2.27. The molecule has 1 saturated heterocycles. The van der Waals surface area contributed by atoms with Crippen LogP contribution in [-0.2, 0) is 4.74 Å². The number of carbonyl (C=O) groups is 2. The number of anilines is 1. The molecule has 1 fully saturated rings. The second kappa shape index (κ2) is 11.4. The van der Waals surface area contributed by atoms with Crippen molar-refractivity contribution in [2.75, 3.05) is 51.4 Å². The van der Waals surface area contributed by atoms with E-state index in [2.05, 4.69) is 11.0 Å². The van der Waals surface area contributed by atoms with Crippen molar-refractivity contribution in [2.45, 2.75) is 0 Å². The van der Waals surface area contributed by atoms with Crippen molar-refractivity contribution in [1.29, 1.82) is 0 Å². The van der Waals surface area contributed by atoms with E-state index in [1.807, 2.05) is 53.1 Å². The number of carbonyl (C=O) groups excluding carboxylic acids is 2. The second-order valence-electron chi connectivity index (χ2n) is 10.6. The number of nitrogens with zero attached hydrogens (tertiary/aromatic N) is 4. The molecule has 0 spiro atoms. The number of fused-ring (bicyclic) bond motifs is 2. The predicted octanol–water partition coefficient (Wildman–Crippen LogP) is 5.35. The fourth-order valence-electron chi connectivity index (χ4n) is 5.75. The molecule has 4 aromatic carbocycles. The van der Waals surface area contributed by atoms with Crippen LogP contribution in [0.1, 0.15) is 20.8 Å². The minimum atomic E-state index is -0.387. The Morgan fingerprint density at radius 2 is 1.59 bits per heavy atom. The maximum absolute atomic E-state index is 13.8. The quantitative estimate of drug-likeness (QED) is 0.254. The van der Waals surface area contributed by atoms with E-state index in [1.54, 1.807) is 23.2 Å². The molecule has 10 heteroatoms. The molecule has 0 bridgehead atoms. The Morgan fingerprint density at radius 1 is 0.841 bits per heavy atom. The van der Waals surface area contributed by atoms with Crippen molar-refractivity contribution in [2.24, 2.45) is 0 Å². The number of benzene rings is 4. The van der Waals surface area contributed by atoms with Gasteiger partial charge in [-0.05, 0) is 59.3 Å². The number of aromatic nitrogens is 2. The van der Waals surface area contributed by atoms with E-state index in [-0.39, 0.29) is 23.4 Å². The summed E-state index contributed by atoms with van der Waals surface area (Å²) in [6, 6.07) is 23.2. The molecule has 1 aromatic heterocycles. The summed E-state index contributed by atoms with van der Waals surface area (Å²) in [6.45, 7) is 3.04. The van der Waals surface area contributed by atoms with Gasteiger partial charge in [0.1, 0.15) is 30.5 Å². The number of piperazine rings is 1. The lowest BCUT2D eigenvalue weighted by atomic mass is 10.0. The number of halogens is 1. The number of methoxy groups -OCH3 is 1. The van der Waals surface area contributed by atoms with E-state index in [4.69, 9.17) is 19.2 Å². The Morgan fingerprint density at radius 3 is 2.36 bits per heavy atom. The van der Waals surface area contributed by atoms with Crippen molar-refractivity contribution in [1.82, 2.24) is 14.5 Å². The number of esters is 1. The number of imidazole rings is 1. The summed E-state index contributed by atoms with van der Waals surface area (Å²) < 4.78 is 32.1. The number of hydrogen-bond acceptors (Lipinski definition) is 7. The van der Waals surface area contributed by atoms with E-state index in [1.165, 1.54) is 19.2 Å². The summed E-state index contributed by atoms with van der Waals surface area (Å²) >= 11 is 0. The van der Waals surface area contributed by atoms with Crippen molar-refractivity contribution in [3.05, 3.63) is 102 Å². The second-order valence-corrected chi connectivity index (χ2v) is 10.6. The zero-order valence-corrected chi connectivity index (χ0v) is 24.0. The van der Waals surface area contributed by atoms with Crippen LogP contribution in [-0.4, -0.2) is 72.8 Å². The maximum atomic E-state index is 13.8. The molecule has 0 aliphatic carbocycles. The van der Waals surface area contributed by atoms with Crippen LogP contribution < -0.4 is 14.4 Å². The van der Waals surface area contributed by atoms with Gasteiger partial charge in [0.05, 0.1) is 18.4 Å². The van der Waals surface area contributed by atoms with Crippen LogP contribution in [0.15, 0.2) is 85.1 Å². The molecule has 0 atom stereocenters. The van der Waals surface area contributed by atoms with Crippen LogP contribution in [0.2, 0.25) is 0 Å².